The van der Waals surface area contributed by atoms with Crippen LogP contribution in [0.15, 0.2) is 42.5 Å². The maximum absolute atomic E-state index is 13.6. The molecule has 12 nitrogen and oxygen atoms in total. The number of carbonyl (C=O) groups excluding carboxylic acids is 3. The number of hydrazine groups is 1. The Morgan fingerprint density at radius 1 is 1.05 bits per heavy atom. The first kappa shape index (κ1) is 29.6. The zero-order chi connectivity index (χ0) is 29.7. The van der Waals surface area contributed by atoms with Crippen LogP contribution in [0.3, 0.4) is 0 Å². The summed E-state index contributed by atoms with van der Waals surface area (Å²) >= 11 is 0. The predicted octanol–water partition coefficient (Wildman–Crippen LogP) is 1.69. The number of carbonyl (C=O) groups is 4. The smallest absolute Gasteiger partial charge is 0.334 e. The third-order valence-corrected chi connectivity index (χ3v) is 7.25. The lowest BCUT2D eigenvalue weighted by molar-refractivity contribution is -0.187. The van der Waals surface area contributed by atoms with Gasteiger partial charge in [-0.05, 0) is 48.2 Å². The van der Waals surface area contributed by atoms with Crippen LogP contribution in [0, 0.1) is 5.82 Å². The molecule has 0 aromatic heterocycles. The zero-order valence-electron chi connectivity index (χ0n) is 23.2. The van der Waals surface area contributed by atoms with Crippen LogP contribution in [0.25, 0.3) is 0 Å². The van der Waals surface area contributed by atoms with E-state index < -0.39 is 30.0 Å². The molecule has 0 aliphatic carbocycles. The molecule has 2 fully saturated rings. The van der Waals surface area contributed by atoms with E-state index in [-0.39, 0.29) is 50.8 Å². The Labute approximate surface area is 237 Å². The highest BCUT2D eigenvalue weighted by atomic mass is 19.1. The van der Waals surface area contributed by atoms with Crippen LogP contribution < -0.4 is 14.8 Å². The Kier molecular flexibility index (Phi) is 9.28. The summed E-state index contributed by atoms with van der Waals surface area (Å²) in [4.78, 5) is 54.5. The van der Waals surface area contributed by atoms with Crippen molar-refractivity contribution >= 4 is 23.8 Å². The quantitative estimate of drug-likeness (QED) is 0.441. The zero-order valence-corrected chi connectivity index (χ0v) is 23.2. The van der Waals surface area contributed by atoms with Crippen molar-refractivity contribution in [1.82, 2.24) is 25.1 Å². The lowest BCUT2D eigenvalue weighted by Crippen LogP contribution is -2.76. The summed E-state index contributed by atoms with van der Waals surface area (Å²) in [6.45, 7) is 0.262. The highest BCUT2D eigenvalue weighted by Crippen LogP contribution is 2.30. The topological polar surface area (TPSA) is 132 Å². The summed E-state index contributed by atoms with van der Waals surface area (Å²) < 4.78 is 24.0. The fraction of sp³-hybridized carbons (Fsp3) is 0.429. The Hall–Kier alpha value is -4.39. The van der Waals surface area contributed by atoms with Gasteiger partial charge in [0.1, 0.15) is 18.0 Å². The first-order chi connectivity index (χ1) is 19.6. The van der Waals surface area contributed by atoms with Gasteiger partial charge in [0, 0.05) is 26.6 Å². The van der Waals surface area contributed by atoms with Gasteiger partial charge in [-0.25, -0.2) is 19.2 Å². The van der Waals surface area contributed by atoms with Crippen molar-refractivity contribution in [3.63, 3.8) is 0 Å². The number of carboxylic acid groups (broad SMARTS) is 1. The number of benzene rings is 2. The van der Waals surface area contributed by atoms with E-state index in [0.717, 1.165) is 5.56 Å². The Morgan fingerprint density at radius 2 is 1.73 bits per heavy atom. The minimum atomic E-state index is -1.09. The van der Waals surface area contributed by atoms with E-state index in [4.69, 9.17) is 9.47 Å². The molecule has 0 spiro atoms. The largest absolute Gasteiger partial charge is 0.493 e. The van der Waals surface area contributed by atoms with E-state index in [0.29, 0.717) is 23.5 Å². The summed E-state index contributed by atoms with van der Waals surface area (Å²) in [5.41, 5.74) is 1.56. The van der Waals surface area contributed by atoms with E-state index in [9.17, 15) is 28.7 Å². The number of fused-ring (bicyclic) bond motifs is 1. The standard InChI is InChI=1S/C28H34FN5O7/c1-31-17-25(35)33-21(9-11-26(36)37)27(38)32(13-12-18-6-10-22(40-2)23(14-18)41-3)16-24(33)34(31)28(39)30-15-19-4-7-20(29)8-5-19/h4-8,10,14,21,24H,9,11-13,15-17H2,1-3H3,(H,30,39)(H,36,37)/t21-,24?/m0/s1. The van der Waals surface area contributed by atoms with Crippen LogP contribution in [0.2, 0.25) is 0 Å². The first-order valence-electron chi connectivity index (χ1n) is 13.2. The van der Waals surface area contributed by atoms with Gasteiger partial charge in [-0.1, -0.05) is 18.2 Å². The number of methoxy groups -OCH3 is 2. The van der Waals surface area contributed by atoms with Gasteiger partial charge in [0.25, 0.3) is 0 Å². The van der Waals surface area contributed by atoms with E-state index in [1.807, 2.05) is 12.1 Å². The second-order valence-electron chi connectivity index (χ2n) is 9.90. The van der Waals surface area contributed by atoms with Crippen molar-refractivity contribution in [2.24, 2.45) is 0 Å². The van der Waals surface area contributed by atoms with Crippen molar-refractivity contribution in [2.75, 3.05) is 40.9 Å². The van der Waals surface area contributed by atoms with E-state index in [2.05, 4.69) is 5.32 Å². The van der Waals surface area contributed by atoms with Crippen molar-refractivity contribution in [2.45, 2.75) is 38.0 Å². The summed E-state index contributed by atoms with van der Waals surface area (Å²) in [5, 5.41) is 15.0. The summed E-state index contributed by atoms with van der Waals surface area (Å²) in [6, 6.07) is 9.60. The SMILES string of the molecule is COc1ccc(CCN2CC3N(C(=O)CN(C)N3C(=O)NCc3ccc(F)cc3)[C@@H](CCC(=O)O)C2=O)cc1OC. The molecule has 4 rings (SSSR count). The number of urea groups is 1. The minimum absolute atomic E-state index is 0.0374. The summed E-state index contributed by atoms with van der Waals surface area (Å²) in [6.07, 6.45) is -0.803. The molecule has 1 unspecified atom stereocenters. The number of hydrogen-bond donors (Lipinski definition) is 2. The lowest BCUT2D eigenvalue weighted by atomic mass is 10.0. The molecular formula is C28H34FN5O7. The van der Waals surface area contributed by atoms with E-state index >= 15 is 0 Å². The van der Waals surface area contributed by atoms with Crippen LogP contribution in [0.4, 0.5) is 9.18 Å². The Morgan fingerprint density at radius 3 is 2.39 bits per heavy atom. The van der Waals surface area contributed by atoms with Crippen LogP contribution in [0.5, 0.6) is 11.5 Å². The van der Waals surface area contributed by atoms with Crippen molar-refractivity contribution in [3.8, 4) is 11.5 Å². The molecular weight excluding hydrogens is 537 g/mol. The molecule has 0 saturated carbocycles. The second-order valence-corrected chi connectivity index (χ2v) is 9.90. The van der Waals surface area contributed by atoms with E-state index in [1.54, 1.807) is 30.1 Å². The fourth-order valence-electron chi connectivity index (χ4n) is 5.20. The highest BCUT2D eigenvalue weighted by Gasteiger charge is 2.50. The number of ether oxygens (including phenoxy) is 2. The number of halogens is 1. The maximum Gasteiger partial charge on any atom is 0.334 e. The third kappa shape index (κ3) is 6.68. The maximum atomic E-state index is 13.6. The molecule has 13 heteroatoms. The molecule has 2 heterocycles. The van der Waals surface area contributed by atoms with Crippen LogP contribution in [-0.4, -0.2) is 102 Å². The lowest BCUT2D eigenvalue weighted by Gasteiger charge is -2.54. The van der Waals surface area contributed by atoms with Crippen LogP contribution in [-0.2, 0) is 27.3 Å². The average molecular weight is 572 g/mol. The number of rotatable bonds is 10. The second kappa shape index (κ2) is 12.9. The predicted molar refractivity (Wildman–Crippen MR) is 144 cm³/mol. The number of nitrogens with zero attached hydrogens (tertiary/aromatic N) is 4. The van der Waals surface area contributed by atoms with Crippen molar-refractivity contribution in [1.29, 1.82) is 0 Å². The monoisotopic (exact) mass is 571 g/mol. The molecule has 220 valence electrons. The number of likely N-dealkylation sites (N-methyl/N-ethyl adjacent to an activating group) is 1. The summed E-state index contributed by atoms with van der Waals surface area (Å²) in [5.74, 6) is -1.11. The molecule has 2 aromatic rings. The number of carboxylic acids is 1. The number of aliphatic carboxylic acids is 1. The Balaban J connectivity index is 1.57. The van der Waals surface area contributed by atoms with Crippen molar-refractivity contribution < 1.29 is 38.1 Å². The van der Waals surface area contributed by atoms with Crippen LogP contribution >= 0.6 is 0 Å². The van der Waals surface area contributed by atoms with Gasteiger partial charge in [-0.2, -0.15) is 0 Å². The highest BCUT2D eigenvalue weighted by molar-refractivity contribution is 5.91. The minimum Gasteiger partial charge on any atom is -0.493 e. The number of nitrogens with one attached hydrogen (secondary N) is 1. The normalized spacial score (nSPS) is 19.2. The van der Waals surface area contributed by atoms with Gasteiger partial charge in [0.05, 0.1) is 27.3 Å². The van der Waals surface area contributed by atoms with Crippen LogP contribution in [0.1, 0.15) is 24.0 Å². The third-order valence-electron chi connectivity index (χ3n) is 7.25. The molecule has 2 aliphatic rings. The first-order valence-corrected chi connectivity index (χ1v) is 13.2. The van der Waals surface area contributed by atoms with Crippen molar-refractivity contribution in [3.05, 3.63) is 59.4 Å². The van der Waals surface area contributed by atoms with Gasteiger partial charge in [0.2, 0.25) is 11.8 Å². The molecule has 4 amide bonds. The number of hydrogen-bond acceptors (Lipinski definition) is 7. The molecule has 41 heavy (non-hydrogen) atoms. The molecule has 2 N–H and O–H groups in total. The van der Waals surface area contributed by atoms with Gasteiger partial charge in [0.15, 0.2) is 11.5 Å². The molecule has 2 aliphatic heterocycles. The van der Waals surface area contributed by atoms with Gasteiger partial charge in [-0.3, -0.25) is 14.4 Å². The molecule has 2 atom stereocenters. The molecule has 0 radical (unpaired) electrons. The summed E-state index contributed by atoms with van der Waals surface area (Å²) in [7, 11) is 4.67. The van der Waals surface area contributed by atoms with Gasteiger partial charge in [-0.15, -0.1) is 0 Å². The fourth-order valence-corrected chi connectivity index (χ4v) is 5.20. The Bertz CT molecular complexity index is 1290. The van der Waals surface area contributed by atoms with Gasteiger partial charge < -0.3 is 29.7 Å². The molecule has 0 bridgehead atoms. The molecule has 2 aromatic carbocycles. The van der Waals surface area contributed by atoms with Gasteiger partial charge >= 0.3 is 12.0 Å². The molecule has 2 saturated heterocycles. The number of piperazine rings is 1. The average Bonchev–Trinajstić information content (AvgIpc) is 2.95. The van der Waals surface area contributed by atoms with E-state index in [1.165, 1.54) is 41.3 Å². The number of amides is 4.